The molecule has 0 saturated carbocycles. The molecule has 0 bridgehead atoms. The van der Waals surface area contributed by atoms with Crippen LogP contribution in [0.25, 0.3) is 11.3 Å². The topological polar surface area (TPSA) is 57.8 Å². The smallest absolute Gasteiger partial charge is 0.273 e. The lowest BCUT2D eigenvalue weighted by molar-refractivity contribution is 0.102. The largest absolute Gasteiger partial charge is 0.321 e. The molecule has 0 spiro atoms. The Morgan fingerprint density at radius 3 is 2.50 bits per heavy atom. The highest BCUT2D eigenvalue weighted by molar-refractivity contribution is 6.03. The number of rotatable bonds is 3. The number of hydrogen-bond acceptors (Lipinski definition) is 2. The molecule has 1 aromatic heterocycles. The molecule has 22 heavy (non-hydrogen) atoms. The fraction of sp³-hybridized carbons (Fsp3) is 0.111. The Kier molecular flexibility index (Phi) is 3.74. The van der Waals surface area contributed by atoms with Crippen LogP contribution in [0.4, 0.5) is 5.69 Å². The van der Waals surface area contributed by atoms with Crippen molar-refractivity contribution in [1.82, 2.24) is 10.2 Å². The maximum Gasteiger partial charge on any atom is 0.273 e. The number of amides is 1. The first-order chi connectivity index (χ1) is 10.6. The monoisotopic (exact) mass is 291 g/mol. The van der Waals surface area contributed by atoms with E-state index in [9.17, 15) is 4.79 Å². The minimum Gasteiger partial charge on any atom is -0.321 e. The number of aryl methyl sites for hydroxylation is 2. The number of carbonyl (C=O) groups is 1. The van der Waals surface area contributed by atoms with Gasteiger partial charge in [0, 0.05) is 11.3 Å². The van der Waals surface area contributed by atoms with Gasteiger partial charge < -0.3 is 5.32 Å². The second-order valence-electron chi connectivity index (χ2n) is 5.29. The third kappa shape index (κ3) is 2.91. The summed E-state index contributed by atoms with van der Waals surface area (Å²) in [5, 5.41) is 9.86. The van der Waals surface area contributed by atoms with Crippen molar-refractivity contribution in [1.29, 1.82) is 0 Å². The first-order valence-corrected chi connectivity index (χ1v) is 7.13. The Balaban J connectivity index is 1.78. The summed E-state index contributed by atoms with van der Waals surface area (Å²) < 4.78 is 0. The van der Waals surface area contributed by atoms with Crippen LogP contribution in [0.2, 0.25) is 0 Å². The number of carbonyl (C=O) groups excluding carboxylic acids is 1. The van der Waals surface area contributed by atoms with Crippen molar-refractivity contribution in [3.63, 3.8) is 0 Å². The number of aromatic nitrogens is 2. The van der Waals surface area contributed by atoms with Gasteiger partial charge in [0.15, 0.2) is 0 Å². The Hall–Kier alpha value is -2.88. The van der Waals surface area contributed by atoms with E-state index in [-0.39, 0.29) is 5.91 Å². The average molecular weight is 291 g/mol. The van der Waals surface area contributed by atoms with Gasteiger partial charge >= 0.3 is 0 Å². The molecular weight excluding hydrogens is 274 g/mol. The third-order valence-electron chi connectivity index (χ3n) is 3.66. The number of H-pyrrole nitrogens is 1. The van der Waals surface area contributed by atoms with Gasteiger partial charge in [-0.2, -0.15) is 5.10 Å². The van der Waals surface area contributed by atoms with Gasteiger partial charge in [-0.25, -0.2) is 0 Å². The van der Waals surface area contributed by atoms with E-state index in [1.165, 1.54) is 5.56 Å². The van der Waals surface area contributed by atoms with Crippen LogP contribution < -0.4 is 5.32 Å². The number of nitrogens with one attached hydrogen (secondary N) is 2. The van der Waals surface area contributed by atoms with Crippen molar-refractivity contribution in [2.75, 3.05) is 5.32 Å². The van der Waals surface area contributed by atoms with Gasteiger partial charge in [0.25, 0.3) is 5.91 Å². The van der Waals surface area contributed by atoms with Gasteiger partial charge in [-0.05, 0) is 43.2 Å². The van der Waals surface area contributed by atoms with Crippen LogP contribution in [0.3, 0.4) is 0 Å². The number of hydrogen-bond donors (Lipinski definition) is 2. The number of nitrogens with zero attached hydrogens (tertiary/aromatic N) is 1. The molecule has 0 aliphatic rings. The Bertz CT molecular complexity index is 806. The summed E-state index contributed by atoms with van der Waals surface area (Å²) in [7, 11) is 0. The van der Waals surface area contributed by atoms with Gasteiger partial charge in [-0.1, -0.05) is 36.4 Å². The van der Waals surface area contributed by atoms with Crippen molar-refractivity contribution in [3.05, 3.63) is 71.4 Å². The molecule has 110 valence electrons. The van der Waals surface area contributed by atoms with Crippen LogP contribution in [0, 0.1) is 13.8 Å². The second kappa shape index (κ2) is 5.85. The molecule has 2 aromatic carbocycles. The van der Waals surface area contributed by atoms with E-state index in [0.717, 1.165) is 22.5 Å². The molecule has 4 heteroatoms. The first-order valence-electron chi connectivity index (χ1n) is 7.13. The molecule has 0 aliphatic heterocycles. The van der Waals surface area contributed by atoms with Crippen molar-refractivity contribution >= 4 is 11.6 Å². The summed E-state index contributed by atoms with van der Waals surface area (Å²) >= 11 is 0. The zero-order valence-electron chi connectivity index (χ0n) is 12.6. The minimum absolute atomic E-state index is 0.196. The number of anilines is 1. The number of benzene rings is 2. The van der Waals surface area contributed by atoms with Crippen molar-refractivity contribution in [2.24, 2.45) is 0 Å². The first kappa shape index (κ1) is 14.1. The molecule has 3 aromatic rings. The molecule has 2 N–H and O–H groups in total. The molecule has 0 fully saturated rings. The van der Waals surface area contributed by atoms with Crippen molar-refractivity contribution < 1.29 is 4.79 Å². The van der Waals surface area contributed by atoms with Crippen LogP contribution in [0.15, 0.2) is 54.6 Å². The molecule has 1 amide bonds. The summed E-state index contributed by atoms with van der Waals surface area (Å²) in [4.78, 5) is 12.3. The lowest BCUT2D eigenvalue weighted by Gasteiger charge is -2.06. The SMILES string of the molecule is Cc1ccc(NC(=O)c2cc(-c3ccccc3)n[nH]2)cc1C. The summed E-state index contributed by atoms with van der Waals surface area (Å²) in [6.07, 6.45) is 0. The lowest BCUT2D eigenvalue weighted by atomic mass is 10.1. The van der Waals surface area contributed by atoms with Crippen LogP contribution >= 0.6 is 0 Å². The van der Waals surface area contributed by atoms with E-state index >= 15 is 0 Å². The fourth-order valence-electron chi connectivity index (χ4n) is 2.21. The standard InChI is InChI=1S/C18H17N3O/c1-12-8-9-15(10-13(12)2)19-18(22)17-11-16(20-21-17)14-6-4-3-5-7-14/h3-11H,1-2H3,(H,19,22)(H,20,21). The van der Waals surface area contributed by atoms with Gasteiger partial charge in [0.2, 0.25) is 0 Å². The Morgan fingerprint density at radius 1 is 1.00 bits per heavy atom. The predicted octanol–water partition coefficient (Wildman–Crippen LogP) is 3.95. The van der Waals surface area contributed by atoms with E-state index in [4.69, 9.17) is 0 Å². The van der Waals surface area contributed by atoms with Gasteiger partial charge in [-0.15, -0.1) is 0 Å². The zero-order valence-corrected chi connectivity index (χ0v) is 12.6. The van der Waals surface area contributed by atoms with Crippen LogP contribution in [-0.2, 0) is 0 Å². The van der Waals surface area contributed by atoms with Crippen LogP contribution in [0.5, 0.6) is 0 Å². The molecule has 0 radical (unpaired) electrons. The molecule has 0 unspecified atom stereocenters. The minimum atomic E-state index is -0.196. The van der Waals surface area contributed by atoms with E-state index in [0.29, 0.717) is 5.69 Å². The quantitative estimate of drug-likeness (QED) is 0.767. The number of aromatic amines is 1. The molecular formula is C18H17N3O. The maximum absolute atomic E-state index is 12.3. The molecule has 4 nitrogen and oxygen atoms in total. The summed E-state index contributed by atoms with van der Waals surface area (Å²) in [5.74, 6) is -0.196. The molecule has 0 aliphatic carbocycles. The highest BCUT2D eigenvalue weighted by Gasteiger charge is 2.11. The fourth-order valence-corrected chi connectivity index (χ4v) is 2.21. The summed E-state index contributed by atoms with van der Waals surface area (Å²) in [6, 6.07) is 17.4. The van der Waals surface area contributed by atoms with Gasteiger partial charge in [0.1, 0.15) is 5.69 Å². The summed E-state index contributed by atoms with van der Waals surface area (Å²) in [6.45, 7) is 4.07. The predicted molar refractivity (Wildman–Crippen MR) is 87.9 cm³/mol. The lowest BCUT2D eigenvalue weighted by Crippen LogP contribution is -2.12. The van der Waals surface area contributed by atoms with Crippen LogP contribution in [-0.4, -0.2) is 16.1 Å². The maximum atomic E-state index is 12.3. The second-order valence-corrected chi connectivity index (χ2v) is 5.29. The van der Waals surface area contributed by atoms with E-state index in [1.807, 2.05) is 62.4 Å². The normalized spacial score (nSPS) is 10.5. The molecule has 1 heterocycles. The average Bonchev–Trinajstić information content (AvgIpc) is 3.02. The third-order valence-corrected chi connectivity index (χ3v) is 3.66. The van der Waals surface area contributed by atoms with E-state index < -0.39 is 0 Å². The Labute approximate surface area is 129 Å². The molecule has 0 saturated heterocycles. The highest BCUT2D eigenvalue weighted by atomic mass is 16.1. The zero-order chi connectivity index (χ0) is 15.5. The highest BCUT2D eigenvalue weighted by Crippen LogP contribution is 2.18. The summed E-state index contributed by atoms with van der Waals surface area (Å²) in [5.41, 5.74) is 5.30. The van der Waals surface area contributed by atoms with Crippen molar-refractivity contribution in [3.8, 4) is 11.3 Å². The van der Waals surface area contributed by atoms with Gasteiger partial charge in [0.05, 0.1) is 5.69 Å². The molecule has 0 atom stereocenters. The Morgan fingerprint density at radius 2 is 1.77 bits per heavy atom. The van der Waals surface area contributed by atoms with E-state index in [2.05, 4.69) is 15.5 Å². The van der Waals surface area contributed by atoms with Gasteiger partial charge in [-0.3, -0.25) is 9.89 Å². The van der Waals surface area contributed by atoms with Crippen LogP contribution in [0.1, 0.15) is 21.6 Å². The molecule has 3 rings (SSSR count). The van der Waals surface area contributed by atoms with E-state index in [1.54, 1.807) is 6.07 Å². The van der Waals surface area contributed by atoms with Crippen molar-refractivity contribution in [2.45, 2.75) is 13.8 Å².